The van der Waals surface area contributed by atoms with E-state index in [1.807, 2.05) is 33.9 Å². The van der Waals surface area contributed by atoms with Crippen molar-refractivity contribution in [2.45, 2.75) is 32.9 Å². The van der Waals surface area contributed by atoms with Gasteiger partial charge in [0.05, 0.1) is 7.11 Å². The Morgan fingerprint density at radius 2 is 2.00 bits per heavy atom. The first-order chi connectivity index (χ1) is 9.78. The van der Waals surface area contributed by atoms with E-state index < -0.39 is 0 Å². The third kappa shape index (κ3) is 5.55. The van der Waals surface area contributed by atoms with Gasteiger partial charge in [0.25, 0.3) is 5.91 Å². The fourth-order valence-corrected chi connectivity index (χ4v) is 2.29. The van der Waals surface area contributed by atoms with Crippen LogP contribution in [0.1, 0.15) is 26.3 Å². The molecule has 0 spiro atoms. The maximum atomic E-state index is 11.9. The molecule has 0 bridgehead atoms. The van der Waals surface area contributed by atoms with Gasteiger partial charge in [-0.2, -0.15) is 0 Å². The SMILES string of the molecule is CNCc1c(Br)ccc(OC)c1OCC(=O)NC(C)(C)C. The van der Waals surface area contributed by atoms with E-state index in [0.29, 0.717) is 18.0 Å². The van der Waals surface area contributed by atoms with E-state index in [-0.39, 0.29) is 18.1 Å². The van der Waals surface area contributed by atoms with Crippen molar-refractivity contribution in [1.29, 1.82) is 0 Å². The molecule has 21 heavy (non-hydrogen) atoms. The van der Waals surface area contributed by atoms with Crippen molar-refractivity contribution in [3.63, 3.8) is 0 Å². The van der Waals surface area contributed by atoms with E-state index in [9.17, 15) is 4.79 Å². The van der Waals surface area contributed by atoms with Gasteiger partial charge in [-0.25, -0.2) is 0 Å². The van der Waals surface area contributed by atoms with Crippen molar-refractivity contribution in [2.75, 3.05) is 20.8 Å². The zero-order valence-electron chi connectivity index (χ0n) is 13.2. The number of carbonyl (C=O) groups is 1. The molecule has 2 N–H and O–H groups in total. The highest BCUT2D eigenvalue weighted by Crippen LogP contribution is 2.36. The molecule has 5 nitrogen and oxygen atoms in total. The summed E-state index contributed by atoms with van der Waals surface area (Å²) in [5.41, 5.74) is 0.635. The van der Waals surface area contributed by atoms with Gasteiger partial charge in [-0.3, -0.25) is 4.79 Å². The highest BCUT2D eigenvalue weighted by molar-refractivity contribution is 9.10. The molecular formula is C15H23BrN2O3. The first-order valence-corrected chi connectivity index (χ1v) is 7.51. The molecule has 0 heterocycles. The minimum Gasteiger partial charge on any atom is -0.493 e. The van der Waals surface area contributed by atoms with Gasteiger partial charge in [-0.15, -0.1) is 0 Å². The minimum atomic E-state index is -0.282. The summed E-state index contributed by atoms with van der Waals surface area (Å²) in [5.74, 6) is 1.01. The lowest BCUT2D eigenvalue weighted by Gasteiger charge is -2.21. The van der Waals surface area contributed by atoms with Crippen LogP contribution in [0.4, 0.5) is 0 Å². The number of methoxy groups -OCH3 is 1. The summed E-state index contributed by atoms with van der Waals surface area (Å²) >= 11 is 3.49. The largest absolute Gasteiger partial charge is 0.493 e. The Morgan fingerprint density at radius 1 is 1.33 bits per heavy atom. The molecule has 0 aromatic heterocycles. The topological polar surface area (TPSA) is 59.6 Å². The third-order valence-electron chi connectivity index (χ3n) is 2.60. The molecule has 0 saturated carbocycles. The maximum Gasteiger partial charge on any atom is 0.258 e. The second-order valence-corrected chi connectivity index (χ2v) is 6.53. The number of halogens is 1. The molecule has 1 rings (SSSR count). The molecule has 0 unspecified atom stereocenters. The molecule has 0 radical (unpaired) electrons. The summed E-state index contributed by atoms with van der Waals surface area (Å²) in [4.78, 5) is 11.9. The molecule has 0 aliphatic rings. The van der Waals surface area contributed by atoms with Crippen molar-refractivity contribution >= 4 is 21.8 Å². The van der Waals surface area contributed by atoms with Gasteiger partial charge in [0.2, 0.25) is 0 Å². The molecule has 1 aromatic carbocycles. The summed E-state index contributed by atoms with van der Waals surface area (Å²) in [6.07, 6.45) is 0. The van der Waals surface area contributed by atoms with Gasteiger partial charge in [0.1, 0.15) is 0 Å². The van der Waals surface area contributed by atoms with Gasteiger partial charge in [0, 0.05) is 22.1 Å². The zero-order chi connectivity index (χ0) is 16.0. The van der Waals surface area contributed by atoms with Gasteiger partial charge in [-0.05, 0) is 40.0 Å². The van der Waals surface area contributed by atoms with Crippen molar-refractivity contribution in [3.05, 3.63) is 22.2 Å². The summed E-state index contributed by atoms with van der Waals surface area (Å²) in [7, 11) is 3.43. The predicted molar refractivity (Wildman–Crippen MR) is 86.8 cm³/mol. The summed E-state index contributed by atoms with van der Waals surface area (Å²) in [6.45, 7) is 6.33. The monoisotopic (exact) mass is 358 g/mol. The molecule has 118 valence electrons. The second kappa shape index (κ2) is 7.66. The number of hydrogen-bond acceptors (Lipinski definition) is 4. The van der Waals surface area contributed by atoms with Crippen LogP contribution in [0.5, 0.6) is 11.5 Å². The van der Waals surface area contributed by atoms with Gasteiger partial charge >= 0.3 is 0 Å². The van der Waals surface area contributed by atoms with Crippen LogP contribution in [-0.4, -0.2) is 32.2 Å². The molecular weight excluding hydrogens is 336 g/mol. The number of rotatable bonds is 6. The van der Waals surface area contributed by atoms with Crippen molar-refractivity contribution in [2.24, 2.45) is 0 Å². The van der Waals surface area contributed by atoms with Crippen LogP contribution < -0.4 is 20.1 Å². The average Bonchev–Trinajstić information content (AvgIpc) is 2.37. The Labute approximate surface area is 134 Å². The fourth-order valence-electron chi connectivity index (χ4n) is 1.83. The Bertz CT molecular complexity index is 498. The molecule has 0 fully saturated rings. The first kappa shape index (κ1) is 17.8. The molecule has 6 heteroatoms. The van der Waals surface area contributed by atoms with E-state index >= 15 is 0 Å². The lowest BCUT2D eigenvalue weighted by Crippen LogP contribution is -2.43. The Hall–Kier alpha value is -1.27. The van der Waals surface area contributed by atoms with E-state index in [1.165, 1.54) is 0 Å². The summed E-state index contributed by atoms with van der Waals surface area (Å²) in [5, 5.41) is 5.94. The van der Waals surface area contributed by atoms with Gasteiger partial charge in [-0.1, -0.05) is 15.9 Å². The average molecular weight is 359 g/mol. The Kier molecular flexibility index (Phi) is 6.48. The highest BCUT2D eigenvalue weighted by Gasteiger charge is 2.18. The van der Waals surface area contributed by atoms with Crippen molar-refractivity contribution < 1.29 is 14.3 Å². The number of carbonyl (C=O) groups excluding carboxylic acids is 1. The summed E-state index contributed by atoms with van der Waals surface area (Å²) in [6, 6.07) is 3.70. The second-order valence-electron chi connectivity index (χ2n) is 5.67. The van der Waals surface area contributed by atoms with Crippen molar-refractivity contribution in [1.82, 2.24) is 10.6 Å². The van der Waals surface area contributed by atoms with Crippen LogP contribution >= 0.6 is 15.9 Å². The summed E-state index contributed by atoms with van der Waals surface area (Å²) < 4.78 is 11.9. The number of nitrogens with one attached hydrogen (secondary N) is 2. The molecule has 0 aliphatic carbocycles. The third-order valence-corrected chi connectivity index (χ3v) is 3.35. The number of ether oxygens (including phenoxy) is 2. The smallest absolute Gasteiger partial charge is 0.258 e. The number of hydrogen-bond donors (Lipinski definition) is 2. The van der Waals surface area contributed by atoms with Crippen LogP contribution in [0, 0.1) is 0 Å². The van der Waals surface area contributed by atoms with Crippen LogP contribution in [0.3, 0.4) is 0 Å². The lowest BCUT2D eigenvalue weighted by molar-refractivity contribution is -0.124. The van der Waals surface area contributed by atoms with Crippen LogP contribution in [-0.2, 0) is 11.3 Å². The maximum absolute atomic E-state index is 11.9. The zero-order valence-corrected chi connectivity index (χ0v) is 14.8. The molecule has 1 amide bonds. The Balaban J connectivity index is 2.90. The fraction of sp³-hybridized carbons (Fsp3) is 0.533. The Morgan fingerprint density at radius 3 is 2.52 bits per heavy atom. The molecule has 0 aliphatic heterocycles. The standard InChI is InChI=1S/C15H23BrN2O3/c1-15(2,3)18-13(19)9-21-14-10(8-17-4)11(16)6-7-12(14)20-5/h6-7,17H,8-9H2,1-5H3,(H,18,19). The quantitative estimate of drug-likeness (QED) is 0.819. The van der Waals surface area contributed by atoms with E-state index in [0.717, 1.165) is 10.0 Å². The van der Waals surface area contributed by atoms with E-state index in [2.05, 4.69) is 26.6 Å². The highest BCUT2D eigenvalue weighted by atomic mass is 79.9. The van der Waals surface area contributed by atoms with E-state index in [1.54, 1.807) is 13.2 Å². The lowest BCUT2D eigenvalue weighted by atomic mass is 10.1. The molecule has 0 atom stereocenters. The van der Waals surface area contributed by atoms with E-state index in [4.69, 9.17) is 9.47 Å². The van der Waals surface area contributed by atoms with Gasteiger partial charge < -0.3 is 20.1 Å². The van der Waals surface area contributed by atoms with Gasteiger partial charge in [0.15, 0.2) is 18.1 Å². The molecule has 0 saturated heterocycles. The number of benzene rings is 1. The minimum absolute atomic E-state index is 0.0548. The number of amides is 1. The van der Waals surface area contributed by atoms with Crippen LogP contribution in [0.25, 0.3) is 0 Å². The van der Waals surface area contributed by atoms with Crippen LogP contribution in [0.2, 0.25) is 0 Å². The first-order valence-electron chi connectivity index (χ1n) is 6.72. The predicted octanol–water partition coefficient (Wildman–Crippen LogP) is 2.47. The van der Waals surface area contributed by atoms with Crippen LogP contribution in [0.15, 0.2) is 16.6 Å². The van der Waals surface area contributed by atoms with Crippen molar-refractivity contribution in [3.8, 4) is 11.5 Å². The normalized spacial score (nSPS) is 11.1. The molecule has 1 aromatic rings.